The van der Waals surface area contributed by atoms with Crippen LogP contribution in [0.5, 0.6) is 11.5 Å². The molecule has 0 aliphatic carbocycles. The van der Waals surface area contributed by atoms with Gasteiger partial charge in [0.05, 0.1) is 18.3 Å². The molecule has 1 saturated heterocycles. The Balaban J connectivity index is 1.73. The molecule has 0 bridgehead atoms. The van der Waals surface area contributed by atoms with Crippen LogP contribution in [0.4, 0.5) is 0 Å². The van der Waals surface area contributed by atoms with Crippen molar-refractivity contribution >= 4 is 26.1 Å². The van der Waals surface area contributed by atoms with Crippen molar-refractivity contribution in [2.24, 2.45) is 5.92 Å². The summed E-state index contributed by atoms with van der Waals surface area (Å²) in [6.45, 7) is 14.8. The van der Waals surface area contributed by atoms with Gasteiger partial charge in [0, 0.05) is 27.2 Å². The lowest BCUT2D eigenvalue weighted by atomic mass is 9.98. The lowest BCUT2D eigenvalue weighted by molar-refractivity contribution is -0.152. The van der Waals surface area contributed by atoms with E-state index in [1.165, 1.54) is 7.11 Å². The highest BCUT2D eigenvalue weighted by Gasteiger charge is 2.45. The third-order valence-corrected chi connectivity index (χ3v) is 9.57. The summed E-state index contributed by atoms with van der Waals surface area (Å²) in [4.78, 5) is 26.9. The zero-order valence-electron chi connectivity index (χ0n) is 28.2. The maximum absolute atomic E-state index is 13.8. The maximum atomic E-state index is 13.8. The number of esters is 2. The van der Waals surface area contributed by atoms with Gasteiger partial charge in [0.1, 0.15) is 35.4 Å². The maximum Gasteiger partial charge on any atom is 0.342 e. The first-order valence-electron chi connectivity index (χ1n) is 15.9. The third kappa shape index (κ3) is 9.78. The number of carbonyl (C=O) groups is 2. The Morgan fingerprint density at radius 3 is 2.46 bits per heavy atom. The smallest absolute Gasteiger partial charge is 0.342 e. The van der Waals surface area contributed by atoms with Gasteiger partial charge in [-0.25, -0.2) is 9.59 Å². The molecule has 2 heterocycles. The minimum Gasteiger partial charge on any atom is -0.494 e. The molecule has 2 unspecified atom stereocenters. The molecule has 0 radical (unpaired) electrons. The fourth-order valence-electron chi connectivity index (χ4n) is 5.17. The van der Waals surface area contributed by atoms with Gasteiger partial charge in [-0.3, -0.25) is 0 Å². The largest absolute Gasteiger partial charge is 0.494 e. The number of carbonyl (C=O) groups excluding carboxylic acids is 2. The van der Waals surface area contributed by atoms with Crippen molar-refractivity contribution in [1.82, 2.24) is 0 Å². The average molecular weight is 653 g/mol. The quantitative estimate of drug-likeness (QED) is 0.120. The molecule has 9 nitrogen and oxygen atoms in total. The second-order valence-electron chi connectivity index (χ2n) is 13.5. The summed E-state index contributed by atoms with van der Waals surface area (Å²) in [6, 6.07) is 13.4. The normalized spacial score (nSPS) is 24.7. The molecule has 0 aromatic heterocycles. The Bertz CT molecular complexity index is 1400. The number of cyclic esters (lactones) is 1. The van der Waals surface area contributed by atoms with Crippen LogP contribution in [0.1, 0.15) is 60.4 Å². The van der Waals surface area contributed by atoms with Crippen LogP contribution in [0.2, 0.25) is 25.7 Å². The SMILES string of the molecule is COCOc1cc(OCC[Si](C)(C)C)cc2c1C(=O)O[C@@H](C)[C@H](C)C=CC(OC(=O)c1ccccc1)[C@H]1OC(C)(C)OC1CC=C2. The Kier molecular flexibility index (Phi) is 11.9. The zero-order valence-corrected chi connectivity index (χ0v) is 29.2. The highest BCUT2D eigenvalue weighted by atomic mass is 28.3. The summed E-state index contributed by atoms with van der Waals surface area (Å²) in [6.07, 6.45) is 5.54. The molecule has 0 N–H and O–H groups in total. The van der Waals surface area contributed by atoms with E-state index < -0.39 is 50.2 Å². The lowest BCUT2D eigenvalue weighted by Crippen LogP contribution is -2.37. The Morgan fingerprint density at radius 1 is 1.02 bits per heavy atom. The van der Waals surface area contributed by atoms with Crippen molar-refractivity contribution in [3.63, 3.8) is 0 Å². The zero-order chi connectivity index (χ0) is 33.5. The monoisotopic (exact) mass is 652 g/mol. The number of methoxy groups -OCH3 is 1. The van der Waals surface area contributed by atoms with Gasteiger partial charge in [-0.15, -0.1) is 0 Å². The fourth-order valence-corrected chi connectivity index (χ4v) is 5.88. The van der Waals surface area contributed by atoms with Crippen molar-refractivity contribution in [3.05, 3.63) is 77.4 Å². The van der Waals surface area contributed by atoms with Gasteiger partial charge < -0.3 is 33.2 Å². The van der Waals surface area contributed by atoms with E-state index in [4.69, 9.17) is 33.2 Å². The number of hydrogen-bond donors (Lipinski definition) is 0. The predicted molar refractivity (Wildman–Crippen MR) is 179 cm³/mol. The first kappa shape index (κ1) is 35.4. The predicted octanol–water partition coefficient (Wildman–Crippen LogP) is 7.29. The van der Waals surface area contributed by atoms with Crippen LogP contribution in [0.25, 0.3) is 6.08 Å². The van der Waals surface area contributed by atoms with Gasteiger partial charge in [0.15, 0.2) is 12.6 Å². The van der Waals surface area contributed by atoms with Crippen molar-refractivity contribution in [3.8, 4) is 11.5 Å². The van der Waals surface area contributed by atoms with E-state index in [1.807, 2.05) is 58.1 Å². The van der Waals surface area contributed by atoms with E-state index in [9.17, 15) is 9.59 Å². The second kappa shape index (κ2) is 15.4. The Morgan fingerprint density at radius 2 is 1.76 bits per heavy atom. The summed E-state index contributed by atoms with van der Waals surface area (Å²) in [5.74, 6) is -1.24. The summed E-state index contributed by atoms with van der Waals surface area (Å²) in [5, 5.41) is 0. The Hall–Kier alpha value is -3.44. The van der Waals surface area contributed by atoms with Gasteiger partial charge in [0.2, 0.25) is 0 Å². The first-order valence-corrected chi connectivity index (χ1v) is 19.6. The van der Waals surface area contributed by atoms with Crippen LogP contribution in [-0.4, -0.2) is 70.7 Å². The van der Waals surface area contributed by atoms with Gasteiger partial charge in [-0.2, -0.15) is 0 Å². The molecule has 2 aromatic carbocycles. The molecule has 4 rings (SSSR count). The fraction of sp³-hybridized carbons (Fsp3) is 0.500. The molecule has 0 saturated carbocycles. The van der Waals surface area contributed by atoms with Crippen LogP contribution in [0, 0.1) is 5.92 Å². The van der Waals surface area contributed by atoms with Crippen LogP contribution < -0.4 is 9.47 Å². The average Bonchev–Trinajstić information content (AvgIpc) is 3.30. The molecule has 46 heavy (non-hydrogen) atoms. The minimum atomic E-state index is -1.33. The van der Waals surface area contributed by atoms with Crippen molar-refractivity contribution in [1.29, 1.82) is 0 Å². The van der Waals surface area contributed by atoms with Crippen molar-refractivity contribution < 1.29 is 42.7 Å². The highest BCUT2D eigenvalue weighted by molar-refractivity contribution is 6.76. The van der Waals surface area contributed by atoms with Gasteiger partial charge in [-0.1, -0.05) is 63.0 Å². The molecule has 2 aromatic rings. The number of hydrogen-bond acceptors (Lipinski definition) is 9. The van der Waals surface area contributed by atoms with E-state index in [0.717, 1.165) is 6.04 Å². The van der Waals surface area contributed by atoms with Gasteiger partial charge in [0.25, 0.3) is 0 Å². The Labute approximate surface area is 273 Å². The highest BCUT2D eigenvalue weighted by Crippen LogP contribution is 2.36. The van der Waals surface area contributed by atoms with Crippen molar-refractivity contribution in [2.75, 3.05) is 20.5 Å². The van der Waals surface area contributed by atoms with Crippen LogP contribution >= 0.6 is 0 Å². The van der Waals surface area contributed by atoms with Crippen LogP contribution in [0.3, 0.4) is 0 Å². The summed E-state index contributed by atoms with van der Waals surface area (Å²) in [5.41, 5.74) is 1.29. The number of benzene rings is 2. The molecule has 2 aliphatic heterocycles. The summed E-state index contributed by atoms with van der Waals surface area (Å²) in [7, 11) is 0.189. The van der Waals surface area contributed by atoms with E-state index in [1.54, 1.807) is 36.4 Å². The van der Waals surface area contributed by atoms with Crippen molar-refractivity contribution in [2.45, 2.75) is 90.0 Å². The van der Waals surface area contributed by atoms with E-state index >= 15 is 0 Å². The second-order valence-corrected chi connectivity index (χ2v) is 19.1. The van der Waals surface area contributed by atoms with E-state index in [-0.39, 0.29) is 18.3 Å². The third-order valence-electron chi connectivity index (χ3n) is 7.86. The number of fused-ring (bicyclic) bond motifs is 2. The van der Waals surface area contributed by atoms with Gasteiger partial charge in [-0.05, 0) is 63.1 Å². The molecule has 10 heteroatoms. The van der Waals surface area contributed by atoms with Crippen LogP contribution in [-0.2, 0) is 23.7 Å². The molecule has 1 fully saturated rings. The molecule has 2 aliphatic rings. The molecule has 0 spiro atoms. The molecule has 250 valence electrons. The first-order chi connectivity index (χ1) is 21.8. The lowest BCUT2D eigenvalue weighted by Gasteiger charge is -2.26. The van der Waals surface area contributed by atoms with Gasteiger partial charge >= 0.3 is 11.9 Å². The molecular weight excluding hydrogens is 604 g/mol. The minimum absolute atomic E-state index is 0.0520. The summed E-state index contributed by atoms with van der Waals surface area (Å²) < 4.78 is 41.9. The molecule has 0 amide bonds. The standard InChI is InChI=1S/C36H48O9Si/c1-24-17-18-29(43-34(37)26-13-10-9-11-14-26)33-30(44-36(3,4)45-33)16-12-15-27-21-28(40-19-20-46(6,7)8)22-31(41-23-39-5)32(27)35(38)42-25(24)2/h9-15,17-18,21-22,24-25,29-30,33H,16,19-20,23H2,1-8H3/t24-,25+,29?,30?,33-/m1/s1. The topological polar surface area (TPSA) is 98.8 Å². The summed E-state index contributed by atoms with van der Waals surface area (Å²) >= 11 is 0. The van der Waals surface area contributed by atoms with E-state index in [2.05, 4.69) is 19.6 Å². The molecule has 5 atom stereocenters. The van der Waals surface area contributed by atoms with Crippen LogP contribution in [0.15, 0.2) is 60.7 Å². The number of rotatable bonds is 9. The van der Waals surface area contributed by atoms with E-state index in [0.29, 0.717) is 35.7 Å². The molecular formula is C36H48O9Si. The number of ether oxygens (including phenoxy) is 7.